The van der Waals surface area contributed by atoms with Crippen LogP contribution in [0.25, 0.3) is 11.0 Å². The molecule has 0 aliphatic rings. The van der Waals surface area contributed by atoms with Gasteiger partial charge in [-0.3, -0.25) is 4.79 Å². The van der Waals surface area contributed by atoms with Gasteiger partial charge in [0.1, 0.15) is 11.7 Å². The average molecular weight is 274 g/mol. The average Bonchev–Trinajstić information content (AvgIpc) is 2.81. The summed E-state index contributed by atoms with van der Waals surface area (Å²) in [6, 6.07) is 6.20. The van der Waals surface area contributed by atoms with Crippen molar-refractivity contribution in [2.45, 2.75) is 18.9 Å². The van der Waals surface area contributed by atoms with Crippen LogP contribution in [-0.2, 0) is 16.0 Å². The summed E-state index contributed by atoms with van der Waals surface area (Å²) in [4.78, 5) is 22.8. The van der Waals surface area contributed by atoms with Crippen molar-refractivity contribution < 1.29 is 19.2 Å². The van der Waals surface area contributed by atoms with Crippen molar-refractivity contribution in [2.75, 3.05) is 0 Å². The quantitative estimate of drug-likeness (QED) is 0.779. The monoisotopic (exact) mass is 274 g/mol. The number of carboxylic acid groups (broad SMARTS) is 1. The van der Waals surface area contributed by atoms with E-state index in [4.69, 9.17) is 9.63 Å². The largest absolute Gasteiger partial charge is 0.480 e. The van der Waals surface area contributed by atoms with Gasteiger partial charge in [-0.2, -0.15) is 0 Å². The molecule has 0 fully saturated rings. The highest BCUT2D eigenvalue weighted by Crippen LogP contribution is 2.18. The summed E-state index contributed by atoms with van der Waals surface area (Å²) in [5.74, 6) is -1.51. The van der Waals surface area contributed by atoms with E-state index in [-0.39, 0.29) is 12.8 Å². The first kappa shape index (κ1) is 13.8. The van der Waals surface area contributed by atoms with E-state index >= 15 is 0 Å². The Kier molecular flexibility index (Phi) is 4.14. The van der Waals surface area contributed by atoms with Gasteiger partial charge in [0.2, 0.25) is 5.91 Å². The molecule has 6 nitrogen and oxygen atoms in total. The Morgan fingerprint density at radius 3 is 2.90 bits per heavy atom. The summed E-state index contributed by atoms with van der Waals surface area (Å²) in [5, 5.41) is 16.0. The maximum atomic E-state index is 11.9. The Labute approximate surface area is 115 Å². The molecule has 0 aliphatic carbocycles. The third kappa shape index (κ3) is 3.03. The number of amides is 1. The first-order chi connectivity index (χ1) is 9.61. The van der Waals surface area contributed by atoms with Gasteiger partial charge in [-0.25, -0.2) is 4.79 Å². The second-order valence-electron chi connectivity index (χ2n) is 4.28. The SMILES string of the molecule is C=CCC(NC(=O)Cc1noc2ccccc12)C(=O)O. The smallest absolute Gasteiger partial charge is 0.326 e. The number of benzene rings is 1. The van der Waals surface area contributed by atoms with Gasteiger partial charge in [0.25, 0.3) is 0 Å². The number of rotatable bonds is 6. The fraction of sp³-hybridized carbons (Fsp3) is 0.214. The minimum atomic E-state index is -1.09. The minimum absolute atomic E-state index is 0.0298. The van der Waals surface area contributed by atoms with Crippen LogP contribution in [0.5, 0.6) is 0 Å². The number of nitrogens with zero attached hydrogens (tertiary/aromatic N) is 1. The highest BCUT2D eigenvalue weighted by Gasteiger charge is 2.19. The van der Waals surface area contributed by atoms with Gasteiger partial charge in [-0.1, -0.05) is 23.4 Å². The van der Waals surface area contributed by atoms with Gasteiger partial charge in [-0.15, -0.1) is 6.58 Å². The van der Waals surface area contributed by atoms with Crippen molar-refractivity contribution in [1.82, 2.24) is 10.5 Å². The van der Waals surface area contributed by atoms with Gasteiger partial charge in [0.05, 0.1) is 6.42 Å². The molecule has 1 aromatic heterocycles. The molecule has 1 aromatic carbocycles. The van der Waals surface area contributed by atoms with Crippen LogP contribution < -0.4 is 5.32 Å². The standard InChI is InChI=1S/C14H14N2O4/c1-2-5-10(14(18)19)15-13(17)8-11-9-6-3-4-7-12(9)20-16-11/h2-4,6-7,10H,1,5,8H2,(H,15,17)(H,18,19). The molecule has 20 heavy (non-hydrogen) atoms. The third-order valence-electron chi connectivity index (χ3n) is 2.82. The summed E-state index contributed by atoms with van der Waals surface area (Å²) >= 11 is 0. The summed E-state index contributed by atoms with van der Waals surface area (Å²) in [7, 11) is 0. The number of aliphatic carboxylic acids is 1. The zero-order valence-corrected chi connectivity index (χ0v) is 10.7. The van der Waals surface area contributed by atoms with E-state index in [9.17, 15) is 9.59 Å². The van der Waals surface area contributed by atoms with E-state index in [1.807, 2.05) is 12.1 Å². The lowest BCUT2D eigenvalue weighted by atomic mass is 10.1. The van der Waals surface area contributed by atoms with E-state index in [0.29, 0.717) is 11.3 Å². The fourth-order valence-corrected chi connectivity index (χ4v) is 1.85. The topological polar surface area (TPSA) is 92.4 Å². The maximum absolute atomic E-state index is 11.9. The van der Waals surface area contributed by atoms with Crippen LogP contribution in [0.2, 0.25) is 0 Å². The number of nitrogens with one attached hydrogen (secondary N) is 1. The summed E-state index contributed by atoms with van der Waals surface area (Å²) in [6.07, 6.45) is 1.59. The van der Waals surface area contributed by atoms with Gasteiger partial charge in [0.15, 0.2) is 5.58 Å². The predicted molar refractivity (Wildman–Crippen MR) is 72.1 cm³/mol. The van der Waals surface area contributed by atoms with Gasteiger partial charge in [0, 0.05) is 5.39 Å². The van der Waals surface area contributed by atoms with Crippen molar-refractivity contribution in [1.29, 1.82) is 0 Å². The molecule has 2 rings (SSSR count). The van der Waals surface area contributed by atoms with Gasteiger partial charge < -0.3 is 14.9 Å². The molecule has 104 valence electrons. The summed E-state index contributed by atoms with van der Waals surface area (Å²) in [5.41, 5.74) is 1.08. The van der Waals surface area contributed by atoms with E-state index in [1.165, 1.54) is 6.08 Å². The Morgan fingerprint density at radius 2 is 2.20 bits per heavy atom. The van der Waals surface area contributed by atoms with E-state index in [2.05, 4.69) is 17.1 Å². The first-order valence-corrected chi connectivity index (χ1v) is 6.08. The lowest BCUT2D eigenvalue weighted by Gasteiger charge is -2.11. The molecule has 0 saturated carbocycles. The number of para-hydroxylation sites is 1. The number of carbonyl (C=O) groups is 2. The van der Waals surface area contributed by atoms with Crippen LogP contribution in [0.4, 0.5) is 0 Å². The van der Waals surface area contributed by atoms with Crippen LogP contribution >= 0.6 is 0 Å². The summed E-state index contributed by atoms with van der Waals surface area (Å²) < 4.78 is 5.09. The molecular formula is C14H14N2O4. The molecule has 0 radical (unpaired) electrons. The van der Waals surface area contributed by atoms with Crippen LogP contribution in [-0.4, -0.2) is 28.2 Å². The van der Waals surface area contributed by atoms with Crippen molar-refractivity contribution in [3.8, 4) is 0 Å². The summed E-state index contributed by atoms with van der Waals surface area (Å²) in [6.45, 7) is 3.46. The van der Waals surface area contributed by atoms with Crippen molar-refractivity contribution in [3.05, 3.63) is 42.6 Å². The molecule has 0 aliphatic heterocycles. The van der Waals surface area contributed by atoms with Crippen molar-refractivity contribution >= 4 is 22.8 Å². The lowest BCUT2D eigenvalue weighted by Crippen LogP contribution is -2.41. The Morgan fingerprint density at radius 1 is 1.45 bits per heavy atom. The zero-order valence-electron chi connectivity index (χ0n) is 10.7. The highest BCUT2D eigenvalue weighted by molar-refractivity contribution is 5.88. The maximum Gasteiger partial charge on any atom is 0.326 e. The molecule has 1 amide bonds. The number of aromatic nitrogens is 1. The van der Waals surface area contributed by atoms with Gasteiger partial charge >= 0.3 is 5.97 Å². The number of hydrogen-bond donors (Lipinski definition) is 2. The molecule has 2 aromatic rings. The number of hydrogen-bond acceptors (Lipinski definition) is 4. The number of fused-ring (bicyclic) bond motifs is 1. The van der Waals surface area contributed by atoms with Crippen LogP contribution in [0.3, 0.4) is 0 Å². The van der Waals surface area contributed by atoms with Crippen LogP contribution in [0, 0.1) is 0 Å². The zero-order chi connectivity index (χ0) is 14.5. The highest BCUT2D eigenvalue weighted by atomic mass is 16.5. The molecule has 0 bridgehead atoms. The first-order valence-electron chi connectivity index (χ1n) is 6.08. The molecule has 2 N–H and O–H groups in total. The van der Waals surface area contributed by atoms with Crippen LogP contribution in [0.15, 0.2) is 41.4 Å². The van der Waals surface area contributed by atoms with Crippen LogP contribution in [0.1, 0.15) is 12.1 Å². The Bertz CT molecular complexity index is 647. The fourth-order valence-electron chi connectivity index (χ4n) is 1.85. The molecule has 1 heterocycles. The second kappa shape index (κ2) is 6.01. The number of carbonyl (C=O) groups excluding carboxylic acids is 1. The number of carboxylic acids is 1. The predicted octanol–water partition coefficient (Wildman–Crippen LogP) is 1.52. The Balaban J connectivity index is 2.07. The molecular weight excluding hydrogens is 260 g/mol. The van der Waals surface area contributed by atoms with E-state index < -0.39 is 17.9 Å². The third-order valence-corrected chi connectivity index (χ3v) is 2.82. The minimum Gasteiger partial charge on any atom is -0.480 e. The molecule has 0 spiro atoms. The van der Waals surface area contributed by atoms with E-state index in [1.54, 1.807) is 12.1 Å². The van der Waals surface area contributed by atoms with Gasteiger partial charge in [-0.05, 0) is 18.6 Å². The molecule has 0 saturated heterocycles. The van der Waals surface area contributed by atoms with E-state index in [0.717, 1.165) is 5.39 Å². The lowest BCUT2D eigenvalue weighted by molar-refractivity contribution is -0.141. The molecule has 1 atom stereocenters. The normalized spacial score (nSPS) is 12.0. The van der Waals surface area contributed by atoms with Crippen molar-refractivity contribution in [3.63, 3.8) is 0 Å². The second-order valence-corrected chi connectivity index (χ2v) is 4.28. The molecule has 6 heteroatoms. The van der Waals surface area contributed by atoms with Crippen molar-refractivity contribution in [2.24, 2.45) is 0 Å². The Hall–Kier alpha value is -2.63. The molecule has 1 unspecified atom stereocenters.